The SMILES string of the molecule is Cc1c(CN2CCC[C@H](C)C2)nnn1-c1ccc(F)cc1. The second-order valence-corrected chi connectivity index (χ2v) is 5.99. The molecule has 3 rings (SSSR count). The van der Waals surface area contributed by atoms with E-state index < -0.39 is 0 Å². The summed E-state index contributed by atoms with van der Waals surface area (Å²) in [5.74, 6) is 0.519. The number of halogens is 1. The maximum absolute atomic E-state index is 13.0. The normalized spacial score (nSPS) is 19.9. The second kappa shape index (κ2) is 5.93. The van der Waals surface area contributed by atoms with Gasteiger partial charge >= 0.3 is 0 Å². The maximum Gasteiger partial charge on any atom is 0.123 e. The minimum Gasteiger partial charge on any atom is -0.297 e. The number of hydrogen-bond donors (Lipinski definition) is 0. The average molecular weight is 288 g/mol. The lowest BCUT2D eigenvalue weighted by atomic mass is 10.0. The van der Waals surface area contributed by atoms with Crippen molar-refractivity contribution >= 4 is 0 Å². The molecule has 5 heteroatoms. The Balaban J connectivity index is 1.77. The summed E-state index contributed by atoms with van der Waals surface area (Å²) in [7, 11) is 0. The first kappa shape index (κ1) is 14.2. The summed E-state index contributed by atoms with van der Waals surface area (Å²) in [6.45, 7) is 7.42. The van der Waals surface area contributed by atoms with Crippen molar-refractivity contribution in [3.8, 4) is 5.69 Å². The molecule has 0 N–H and O–H groups in total. The van der Waals surface area contributed by atoms with Crippen LogP contribution in [0, 0.1) is 18.7 Å². The summed E-state index contributed by atoms with van der Waals surface area (Å²) in [4.78, 5) is 2.44. The highest BCUT2D eigenvalue weighted by molar-refractivity contribution is 5.33. The molecule has 1 saturated heterocycles. The number of piperidine rings is 1. The van der Waals surface area contributed by atoms with Gasteiger partial charge in [-0.15, -0.1) is 5.10 Å². The maximum atomic E-state index is 13.0. The molecule has 0 saturated carbocycles. The first-order valence-electron chi connectivity index (χ1n) is 7.53. The molecule has 0 radical (unpaired) electrons. The van der Waals surface area contributed by atoms with Gasteiger partial charge in [-0.3, -0.25) is 4.90 Å². The van der Waals surface area contributed by atoms with Gasteiger partial charge in [0.25, 0.3) is 0 Å². The third-order valence-electron chi connectivity index (χ3n) is 4.18. The summed E-state index contributed by atoms with van der Waals surface area (Å²) in [6.07, 6.45) is 2.57. The molecule has 1 aromatic carbocycles. The Morgan fingerprint density at radius 2 is 2.05 bits per heavy atom. The monoisotopic (exact) mass is 288 g/mol. The number of rotatable bonds is 3. The van der Waals surface area contributed by atoms with Crippen molar-refractivity contribution in [1.82, 2.24) is 19.9 Å². The molecule has 1 atom stereocenters. The molecule has 0 spiro atoms. The molecule has 2 heterocycles. The third kappa shape index (κ3) is 3.13. The molecule has 1 aromatic heterocycles. The highest BCUT2D eigenvalue weighted by Crippen LogP contribution is 2.19. The summed E-state index contributed by atoms with van der Waals surface area (Å²) in [5.41, 5.74) is 2.88. The van der Waals surface area contributed by atoms with Crippen molar-refractivity contribution in [2.45, 2.75) is 33.2 Å². The fourth-order valence-electron chi connectivity index (χ4n) is 2.98. The third-order valence-corrected chi connectivity index (χ3v) is 4.18. The Morgan fingerprint density at radius 3 is 2.76 bits per heavy atom. The van der Waals surface area contributed by atoms with E-state index in [1.165, 1.54) is 25.0 Å². The van der Waals surface area contributed by atoms with Crippen molar-refractivity contribution in [1.29, 1.82) is 0 Å². The van der Waals surface area contributed by atoms with Crippen LogP contribution < -0.4 is 0 Å². The topological polar surface area (TPSA) is 34.0 Å². The smallest absolute Gasteiger partial charge is 0.123 e. The lowest BCUT2D eigenvalue weighted by Crippen LogP contribution is -2.34. The number of hydrogen-bond acceptors (Lipinski definition) is 3. The highest BCUT2D eigenvalue weighted by atomic mass is 19.1. The van der Waals surface area contributed by atoms with Crippen LogP contribution in [-0.4, -0.2) is 33.0 Å². The Labute approximate surface area is 124 Å². The predicted octanol–water partition coefficient (Wildman–Crippen LogP) is 2.95. The van der Waals surface area contributed by atoms with Crippen LogP contribution >= 0.6 is 0 Å². The van der Waals surface area contributed by atoms with Gasteiger partial charge in [-0.2, -0.15) is 0 Å². The fourth-order valence-corrected chi connectivity index (χ4v) is 2.98. The Hall–Kier alpha value is -1.75. The Bertz CT molecular complexity index is 605. The highest BCUT2D eigenvalue weighted by Gasteiger charge is 2.19. The quantitative estimate of drug-likeness (QED) is 0.871. The number of likely N-dealkylation sites (tertiary alicyclic amines) is 1. The van der Waals surface area contributed by atoms with Gasteiger partial charge < -0.3 is 0 Å². The van der Waals surface area contributed by atoms with Crippen molar-refractivity contribution in [2.24, 2.45) is 5.92 Å². The van der Waals surface area contributed by atoms with E-state index >= 15 is 0 Å². The second-order valence-electron chi connectivity index (χ2n) is 5.99. The fraction of sp³-hybridized carbons (Fsp3) is 0.500. The van der Waals surface area contributed by atoms with Crippen LogP contribution in [0.25, 0.3) is 5.69 Å². The largest absolute Gasteiger partial charge is 0.297 e. The van der Waals surface area contributed by atoms with Crippen LogP contribution in [0.2, 0.25) is 0 Å². The van der Waals surface area contributed by atoms with E-state index in [0.717, 1.165) is 42.6 Å². The summed E-state index contributed by atoms with van der Waals surface area (Å²) in [5, 5.41) is 8.53. The predicted molar refractivity (Wildman–Crippen MR) is 79.7 cm³/mol. The zero-order valence-corrected chi connectivity index (χ0v) is 12.6. The van der Waals surface area contributed by atoms with Gasteiger partial charge in [0.1, 0.15) is 11.5 Å². The number of aromatic nitrogens is 3. The zero-order chi connectivity index (χ0) is 14.8. The first-order valence-corrected chi connectivity index (χ1v) is 7.53. The summed E-state index contributed by atoms with van der Waals surface area (Å²) >= 11 is 0. The standard InChI is InChI=1S/C16H21FN4/c1-12-4-3-9-20(10-12)11-16-13(2)21(19-18-16)15-7-5-14(17)6-8-15/h5-8,12H,3-4,9-11H2,1-2H3/t12-/m0/s1. The molecule has 4 nitrogen and oxygen atoms in total. The minimum atomic E-state index is -0.237. The number of benzene rings is 1. The van der Waals surface area contributed by atoms with Crippen molar-refractivity contribution in [2.75, 3.05) is 13.1 Å². The van der Waals surface area contributed by atoms with Crippen LogP contribution in [0.1, 0.15) is 31.2 Å². The van der Waals surface area contributed by atoms with Gasteiger partial charge in [0.15, 0.2) is 0 Å². The molecular formula is C16H21FN4. The van der Waals surface area contributed by atoms with E-state index in [-0.39, 0.29) is 5.82 Å². The van der Waals surface area contributed by atoms with Gasteiger partial charge in [0, 0.05) is 13.1 Å². The number of nitrogens with zero attached hydrogens (tertiary/aromatic N) is 4. The molecule has 21 heavy (non-hydrogen) atoms. The van der Waals surface area contributed by atoms with Crippen molar-refractivity contribution < 1.29 is 4.39 Å². The molecule has 1 fully saturated rings. The average Bonchev–Trinajstić information content (AvgIpc) is 2.81. The van der Waals surface area contributed by atoms with Gasteiger partial charge in [-0.05, 0) is 56.5 Å². The van der Waals surface area contributed by atoms with Crippen LogP contribution in [-0.2, 0) is 6.54 Å². The van der Waals surface area contributed by atoms with E-state index in [2.05, 4.69) is 22.1 Å². The minimum absolute atomic E-state index is 0.237. The van der Waals surface area contributed by atoms with E-state index in [4.69, 9.17) is 0 Å². The molecular weight excluding hydrogens is 267 g/mol. The van der Waals surface area contributed by atoms with E-state index in [1.54, 1.807) is 16.8 Å². The lowest BCUT2D eigenvalue weighted by molar-refractivity contribution is 0.174. The van der Waals surface area contributed by atoms with Crippen LogP contribution in [0.4, 0.5) is 4.39 Å². The first-order chi connectivity index (χ1) is 10.1. The summed E-state index contributed by atoms with van der Waals surface area (Å²) in [6, 6.07) is 6.35. The molecule has 0 bridgehead atoms. The Kier molecular flexibility index (Phi) is 4.01. The van der Waals surface area contributed by atoms with Crippen molar-refractivity contribution in [3.63, 3.8) is 0 Å². The summed E-state index contributed by atoms with van der Waals surface area (Å²) < 4.78 is 14.8. The van der Waals surface area contributed by atoms with E-state index in [1.807, 2.05) is 6.92 Å². The molecule has 1 aliphatic rings. The molecule has 2 aromatic rings. The van der Waals surface area contributed by atoms with E-state index in [0.29, 0.717) is 0 Å². The van der Waals surface area contributed by atoms with Gasteiger partial charge in [-0.25, -0.2) is 9.07 Å². The molecule has 1 aliphatic heterocycles. The van der Waals surface area contributed by atoms with Gasteiger partial charge in [-0.1, -0.05) is 12.1 Å². The molecule has 0 amide bonds. The van der Waals surface area contributed by atoms with Crippen LogP contribution in [0.5, 0.6) is 0 Å². The van der Waals surface area contributed by atoms with Gasteiger partial charge in [0.05, 0.1) is 11.4 Å². The molecule has 0 aliphatic carbocycles. The van der Waals surface area contributed by atoms with Crippen LogP contribution in [0.15, 0.2) is 24.3 Å². The Morgan fingerprint density at radius 1 is 1.29 bits per heavy atom. The van der Waals surface area contributed by atoms with Crippen molar-refractivity contribution in [3.05, 3.63) is 41.5 Å². The van der Waals surface area contributed by atoms with E-state index in [9.17, 15) is 4.39 Å². The molecule has 112 valence electrons. The lowest BCUT2D eigenvalue weighted by Gasteiger charge is -2.30. The van der Waals surface area contributed by atoms with Crippen LogP contribution in [0.3, 0.4) is 0 Å². The molecule has 0 unspecified atom stereocenters. The van der Waals surface area contributed by atoms with Gasteiger partial charge in [0.2, 0.25) is 0 Å². The zero-order valence-electron chi connectivity index (χ0n) is 12.6.